The Morgan fingerprint density at radius 2 is 2.00 bits per heavy atom. The number of carbonyl (C=O) groups is 2. The van der Waals surface area contributed by atoms with Crippen LogP contribution in [-0.4, -0.2) is 43.5 Å². The van der Waals surface area contributed by atoms with E-state index in [1.165, 1.54) is 12.1 Å². The molecule has 0 aromatic heterocycles. The van der Waals surface area contributed by atoms with E-state index in [1.54, 1.807) is 19.1 Å². The van der Waals surface area contributed by atoms with Crippen LogP contribution < -0.4 is 5.32 Å². The fraction of sp³-hybridized carbons (Fsp3) is 0.429. The lowest BCUT2D eigenvalue weighted by molar-refractivity contribution is -0.118. The lowest BCUT2D eigenvalue weighted by Crippen LogP contribution is -2.32. The molecule has 0 spiro atoms. The predicted molar refractivity (Wildman–Crippen MR) is 79.1 cm³/mol. The summed E-state index contributed by atoms with van der Waals surface area (Å²) in [6.45, 7) is 2.01. The van der Waals surface area contributed by atoms with E-state index in [2.05, 4.69) is 5.32 Å². The Morgan fingerprint density at radius 1 is 1.29 bits per heavy atom. The van der Waals surface area contributed by atoms with E-state index in [0.717, 1.165) is 5.56 Å². The van der Waals surface area contributed by atoms with Crippen LogP contribution in [0.5, 0.6) is 0 Å². The Bertz CT molecular complexity index is 610. The molecular formula is C14H19NO5S. The van der Waals surface area contributed by atoms with E-state index >= 15 is 0 Å². The zero-order valence-electron chi connectivity index (χ0n) is 11.8. The molecule has 0 unspecified atom stereocenters. The molecule has 1 amide bonds. The van der Waals surface area contributed by atoms with Crippen molar-refractivity contribution in [1.82, 2.24) is 5.32 Å². The van der Waals surface area contributed by atoms with Crippen LogP contribution in [0.3, 0.4) is 0 Å². The van der Waals surface area contributed by atoms with Gasteiger partial charge in [-0.05, 0) is 30.5 Å². The molecule has 0 aliphatic carbocycles. The van der Waals surface area contributed by atoms with Crippen molar-refractivity contribution in [2.75, 3.05) is 18.1 Å². The SMILES string of the molecule is CCCS(=O)(=O)CC(=O)NCCc1cccc(C(=O)O)c1. The monoisotopic (exact) mass is 313 g/mol. The van der Waals surface area contributed by atoms with Gasteiger partial charge in [0.25, 0.3) is 0 Å². The lowest BCUT2D eigenvalue weighted by Gasteiger charge is -2.06. The maximum absolute atomic E-state index is 11.5. The van der Waals surface area contributed by atoms with E-state index in [0.29, 0.717) is 12.8 Å². The van der Waals surface area contributed by atoms with Gasteiger partial charge in [0.05, 0.1) is 11.3 Å². The van der Waals surface area contributed by atoms with E-state index in [1.807, 2.05) is 0 Å². The maximum Gasteiger partial charge on any atom is 0.335 e. The first-order valence-corrected chi connectivity index (χ1v) is 8.45. The number of carboxylic acids is 1. The first-order chi connectivity index (χ1) is 9.84. The first kappa shape index (κ1) is 17.2. The number of carboxylic acid groups (broad SMARTS) is 1. The molecule has 0 heterocycles. The van der Waals surface area contributed by atoms with E-state index < -0.39 is 27.5 Å². The average molecular weight is 313 g/mol. The van der Waals surface area contributed by atoms with Crippen molar-refractivity contribution in [3.63, 3.8) is 0 Å². The van der Waals surface area contributed by atoms with Crippen molar-refractivity contribution < 1.29 is 23.1 Å². The molecule has 2 N–H and O–H groups in total. The van der Waals surface area contributed by atoms with Crippen LogP contribution in [0, 0.1) is 0 Å². The summed E-state index contributed by atoms with van der Waals surface area (Å²) in [6, 6.07) is 6.41. The minimum Gasteiger partial charge on any atom is -0.478 e. The van der Waals surface area contributed by atoms with E-state index in [9.17, 15) is 18.0 Å². The van der Waals surface area contributed by atoms with Gasteiger partial charge in [-0.1, -0.05) is 19.1 Å². The number of aromatic carboxylic acids is 1. The van der Waals surface area contributed by atoms with Crippen LogP contribution in [0.1, 0.15) is 29.3 Å². The number of benzene rings is 1. The fourth-order valence-electron chi connectivity index (χ4n) is 1.84. The average Bonchev–Trinajstić information content (AvgIpc) is 2.38. The summed E-state index contributed by atoms with van der Waals surface area (Å²) in [5.41, 5.74) is 0.955. The Balaban J connectivity index is 2.45. The molecule has 0 saturated heterocycles. The topological polar surface area (TPSA) is 101 Å². The summed E-state index contributed by atoms with van der Waals surface area (Å²) in [7, 11) is -3.33. The van der Waals surface area contributed by atoms with Crippen LogP contribution in [0.2, 0.25) is 0 Å². The van der Waals surface area contributed by atoms with Crippen molar-refractivity contribution in [3.05, 3.63) is 35.4 Å². The van der Waals surface area contributed by atoms with Gasteiger partial charge in [0.2, 0.25) is 5.91 Å². The molecule has 0 bridgehead atoms. The second kappa shape index (κ2) is 7.78. The van der Waals surface area contributed by atoms with E-state index in [4.69, 9.17) is 5.11 Å². The number of hydrogen-bond donors (Lipinski definition) is 2. The van der Waals surface area contributed by atoms with Crippen molar-refractivity contribution in [2.24, 2.45) is 0 Å². The van der Waals surface area contributed by atoms with Crippen molar-refractivity contribution in [2.45, 2.75) is 19.8 Å². The van der Waals surface area contributed by atoms with Gasteiger partial charge in [0, 0.05) is 6.54 Å². The highest BCUT2D eigenvalue weighted by molar-refractivity contribution is 7.92. The maximum atomic E-state index is 11.5. The summed E-state index contributed by atoms with van der Waals surface area (Å²) in [6.07, 6.45) is 0.929. The van der Waals surface area contributed by atoms with Gasteiger partial charge >= 0.3 is 5.97 Å². The van der Waals surface area contributed by atoms with Gasteiger partial charge in [0.15, 0.2) is 9.84 Å². The molecule has 6 nitrogen and oxygen atoms in total. The van der Waals surface area contributed by atoms with Gasteiger partial charge in [-0.3, -0.25) is 4.79 Å². The molecular weight excluding hydrogens is 294 g/mol. The largest absolute Gasteiger partial charge is 0.478 e. The van der Waals surface area contributed by atoms with Gasteiger partial charge in [-0.25, -0.2) is 13.2 Å². The van der Waals surface area contributed by atoms with Crippen molar-refractivity contribution in [1.29, 1.82) is 0 Å². The van der Waals surface area contributed by atoms with Crippen LogP contribution in [-0.2, 0) is 21.1 Å². The molecule has 0 aliphatic rings. The number of hydrogen-bond acceptors (Lipinski definition) is 4. The summed E-state index contributed by atoms with van der Waals surface area (Å²) >= 11 is 0. The smallest absolute Gasteiger partial charge is 0.335 e. The molecule has 1 aromatic carbocycles. The molecule has 116 valence electrons. The highest BCUT2D eigenvalue weighted by Crippen LogP contribution is 2.05. The van der Waals surface area contributed by atoms with Crippen LogP contribution >= 0.6 is 0 Å². The lowest BCUT2D eigenvalue weighted by atomic mass is 10.1. The Hall–Kier alpha value is -1.89. The summed E-state index contributed by atoms with van der Waals surface area (Å²) in [5.74, 6) is -2.04. The van der Waals surface area contributed by atoms with Gasteiger partial charge in [-0.2, -0.15) is 0 Å². The standard InChI is InChI=1S/C14H19NO5S/c1-2-8-21(19,20)10-13(16)15-7-6-11-4-3-5-12(9-11)14(17)18/h3-5,9H,2,6-8,10H2,1H3,(H,15,16)(H,17,18). The van der Waals surface area contributed by atoms with E-state index in [-0.39, 0.29) is 17.9 Å². The number of amides is 1. The summed E-state index contributed by atoms with van der Waals surface area (Å²) < 4.78 is 22.9. The van der Waals surface area contributed by atoms with Crippen molar-refractivity contribution >= 4 is 21.7 Å². The molecule has 1 aromatic rings. The normalized spacial score (nSPS) is 11.1. The molecule has 1 rings (SSSR count). The van der Waals surface area contributed by atoms with Crippen LogP contribution in [0.4, 0.5) is 0 Å². The second-order valence-electron chi connectivity index (χ2n) is 4.70. The van der Waals surface area contributed by atoms with Gasteiger partial charge in [-0.15, -0.1) is 0 Å². The quantitative estimate of drug-likeness (QED) is 0.741. The predicted octanol–water partition coefficient (Wildman–Crippen LogP) is 0.868. The van der Waals surface area contributed by atoms with Crippen molar-refractivity contribution in [3.8, 4) is 0 Å². The minimum atomic E-state index is -3.33. The number of carbonyl (C=O) groups excluding carboxylic acids is 1. The number of rotatable bonds is 8. The zero-order valence-corrected chi connectivity index (χ0v) is 12.6. The highest BCUT2D eigenvalue weighted by Gasteiger charge is 2.15. The van der Waals surface area contributed by atoms with Gasteiger partial charge < -0.3 is 10.4 Å². The second-order valence-corrected chi connectivity index (χ2v) is 6.88. The van der Waals surface area contributed by atoms with Crippen LogP contribution in [0.25, 0.3) is 0 Å². The summed E-state index contributed by atoms with van der Waals surface area (Å²) in [5, 5.41) is 11.4. The molecule has 0 aliphatic heterocycles. The Kier molecular flexibility index (Phi) is 6.36. The third kappa shape index (κ3) is 6.40. The molecule has 7 heteroatoms. The Morgan fingerprint density at radius 3 is 2.62 bits per heavy atom. The minimum absolute atomic E-state index is 0.00107. The molecule has 0 radical (unpaired) electrons. The molecule has 21 heavy (non-hydrogen) atoms. The zero-order chi connectivity index (χ0) is 15.9. The molecule has 0 atom stereocenters. The summed E-state index contributed by atoms with van der Waals surface area (Å²) in [4.78, 5) is 22.3. The third-order valence-corrected chi connectivity index (χ3v) is 4.51. The third-order valence-electron chi connectivity index (χ3n) is 2.78. The Labute approximate surface area is 124 Å². The molecule has 0 saturated carbocycles. The first-order valence-electron chi connectivity index (χ1n) is 6.63. The van der Waals surface area contributed by atoms with Gasteiger partial charge in [0.1, 0.15) is 5.75 Å². The van der Waals surface area contributed by atoms with Crippen LogP contribution in [0.15, 0.2) is 24.3 Å². The number of sulfone groups is 1. The molecule has 0 fully saturated rings. The number of nitrogens with one attached hydrogen (secondary N) is 1. The fourth-order valence-corrected chi connectivity index (χ4v) is 3.11. The highest BCUT2D eigenvalue weighted by atomic mass is 32.2.